The highest BCUT2D eigenvalue weighted by molar-refractivity contribution is 7.13. The van der Waals surface area contributed by atoms with Crippen LogP contribution in [-0.4, -0.2) is 31.9 Å². The number of aromatic nitrogens is 4. The summed E-state index contributed by atoms with van der Waals surface area (Å²) in [7, 11) is 2.02. The van der Waals surface area contributed by atoms with Gasteiger partial charge in [-0.05, 0) is 30.6 Å². The van der Waals surface area contributed by atoms with Gasteiger partial charge in [-0.25, -0.2) is 4.68 Å². The van der Waals surface area contributed by atoms with Gasteiger partial charge in [-0.15, -0.1) is 11.3 Å². The van der Waals surface area contributed by atoms with Crippen LogP contribution in [0.1, 0.15) is 11.5 Å². The van der Waals surface area contributed by atoms with Crippen molar-refractivity contribution in [3.8, 4) is 16.4 Å². The van der Waals surface area contributed by atoms with Crippen molar-refractivity contribution in [1.82, 2.24) is 24.8 Å². The van der Waals surface area contributed by atoms with Gasteiger partial charge in [0, 0.05) is 18.3 Å². The van der Waals surface area contributed by atoms with Crippen molar-refractivity contribution in [3.05, 3.63) is 71.7 Å². The molecule has 0 aliphatic carbocycles. The largest absolute Gasteiger partial charge is 0.338 e. The van der Waals surface area contributed by atoms with Crippen molar-refractivity contribution in [2.45, 2.75) is 13.1 Å². The van der Waals surface area contributed by atoms with Crippen molar-refractivity contribution in [2.24, 2.45) is 0 Å². The van der Waals surface area contributed by atoms with Gasteiger partial charge >= 0.3 is 0 Å². The molecule has 4 rings (SSSR count). The second-order valence-corrected chi connectivity index (χ2v) is 6.74. The second-order valence-electron chi connectivity index (χ2n) is 5.79. The number of rotatable bonds is 6. The number of benzene rings is 1. The molecule has 0 atom stereocenters. The SMILES string of the molecule is CN(Cc1cnn(-c2ccccc2)c1)Cc1nc(-c2cccs2)no1. The molecule has 7 heteroatoms. The number of nitrogens with zero attached hydrogens (tertiary/aromatic N) is 5. The van der Waals surface area contributed by atoms with Gasteiger partial charge in [-0.1, -0.05) is 29.4 Å². The first-order chi connectivity index (χ1) is 12.3. The monoisotopic (exact) mass is 351 g/mol. The third kappa shape index (κ3) is 3.67. The zero-order chi connectivity index (χ0) is 17.1. The molecule has 0 fully saturated rings. The summed E-state index contributed by atoms with van der Waals surface area (Å²) in [5.41, 5.74) is 2.18. The summed E-state index contributed by atoms with van der Waals surface area (Å²) in [6.45, 7) is 1.35. The van der Waals surface area contributed by atoms with E-state index in [9.17, 15) is 0 Å². The zero-order valence-corrected chi connectivity index (χ0v) is 14.6. The highest BCUT2D eigenvalue weighted by Crippen LogP contribution is 2.21. The van der Waals surface area contributed by atoms with Gasteiger partial charge in [0.1, 0.15) is 0 Å². The smallest absolute Gasteiger partial charge is 0.241 e. The summed E-state index contributed by atoms with van der Waals surface area (Å²) in [4.78, 5) is 7.60. The number of hydrogen-bond donors (Lipinski definition) is 0. The van der Waals surface area contributed by atoms with Gasteiger partial charge in [0.25, 0.3) is 0 Å². The Kier molecular flexibility index (Phi) is 4.41. The first-order valence-corrected chi connectivity index (χ1v) is 8.80. The van der Waals surface area contributed by atoms with E-state index >= 15 is 0 Å². The zero-order valence-electron chi connectivity index (χ0n) is 13.7. The van der Waals surface area contributed by atoms with Crippen LogP contribution < -0.4 is 0 Å². The standard InChI is InChI=1S/C18H17N5OS/c1-22(13-17-20-18(21-24-17)16-8-5-9-25-16)11-14-10-19-23(12-14)15-6-3-2-4-7-15/h2-10,12H,11,13H2,1H3. The maximum absolute atomic E-state index is 5.35. The molecular formula is C18H17N5OS. The molecule has 0 aliphatic rings. The predicted molar refractivity (Wildman–Crippen MR) is 96.3 cm³/mol. The lowest BCUT2D eigenvalue weighted by Crippen LogP contribution is -2.17. The van der Waals surface area contributed by atoms with Crippen LogP contribution >= 0.6 is 11.3 Å². The van der Waals surface area contributed by atoms with Crippen molar-refractivity contribution >= 4 is 11.3 Å². The van der Waals surface area contributed by atoms with Crippen LogP contribution in [0, 0.1) is 0 Å². The molecule has 126 valence electrons. The van der Waals surface area contributed by atoms with Crippen molar-refractivity contribution in [3.63, 3.8) is 0 Å². The molecule has 3 heterocycles. The molecule has 0 spiro atoms. The summed E-state index contributed by atoms with van der Waals surface area (Å²) in [6, 6.07) is 14.0. The van der Waals surface area contributed by atoms with E-state index in [1.54, 1.807) is 11.3 Å². The molecule has 25 heavy (non-hydrogen) atoms. The maximum Gasteiger partial charge on any atom is 0.241 e. The maximum atomic E-state index is 5.35. The summed E-state index contributed by atoms with van der Waals surface area (Å²) in [5.74, 6) is 1.26. The summed E-state index contributed by atoms with van der Waals surface area (Å²) in [5, 5.41) is 10.5. The van der Waals surface area contributed by atoms with Crippen molar-refractivity contribution in [1.29, 1.82) is 0 Å². The molecule has 0 bridgehead atoms. The fourth-order valence-electron chi connectivity index (χ4n) is 2.59. The van der Waals surface area contributed by atoms with E-state index in [0.29, 0.717) is 18.3 Å². The molecule has 0 aliphatic heterocycles. The van der Waals surface area contributed by atoms with Crippen LogP contribution in [0.5, 0.6) is 0 Å². The summed E-state index contributed by atoms with van der Waals surface area (Å²) < 4.78 is 7.23. The Bertz CT molecular complexity index is 929. The van der Waals surface area contributed by atoms with Crippen LogP contribution in [0.4, 0.5) is 0 Å². The number of hydrogen-bond acceptors (Lipinski definition) is 6. The minimum atomic E-state index is 0.592. The minimum Gasteiger partial charge on any atom is -0.338 e. The average molecular weight is 351 g/mol. The lowest BCUT2D eigenvalue weighted by atomic mass is 10.3. The van der Waals surface area contributed by atoms with Gasteiger partial charge in [0.2, 0.25) is 11.7 Å². The highest BCUT2D eigenvalue weighted by Gasteiger charge is 2.12. The molecule has 3 aromatic heterocycles. The Hall–Kier alpha value is -2.77. The van der Waals surface area contributed by atoms with Crippen LogP contribution in [0.2, 0.25) is 0 Å². The number of para-hydroxylation sites is 1. The third-order valence-corrected chi connectivity index (χ3v) is 4.59. The second kappa shape index (κ2) is 7.00. The van der Waals surface area contributed by atoms with E-state index in [-0.39, 0.29) is 0 Å². The molecular weight excluding hydrogens is 334 g/mol. The molecule has 1 aromatic carbocycles. The molecule has 0 saturated carbocycles. The number of thiophene rings is 1. The third-order valence-electron chi connectivity index (χ3n) is 3.72. The fraction of sp³-hybridized carbons (Fsp3) is 0.167. The quantitative estimate of drug-likeness (QED) is 0.531. The van der Waals surface area contributed by atoms with E-state index < -0.39 is 0 Å². The molecule has 4 aromatic rings. The van der Waals surface area contributed by atoms with Gasteiger partial charge in [-0.2, -0.15) is 10.1 Å². The molecule has 0 N–H and O–H groups in total. The van der Waals surface area contributed by atoms with E-state index in [4.69, 9.17) is 4.52 Å². The van der Waals surface area contributed by atoms with Crippen LogP contribution in [0.15, 0.2) is 64.8 Å². The minimum absolute atomic E-state index is 0.592. The van der Waals surface area contributed by atoms with Gasteiger partial charge in [0.05, 0.1) is 23.3 Å². The average Bonchev–Trinajstić information content (AvgIpc) is 3.37. The lowest BCUT2D eigenvalue weighted by Gasteiger charge is -2.12. The Labute approximate surface area is 149 Å². The van der Waals surface area contributed by atoms with E-state index in [2.05, 4.69) is 20.1 Å². The lowest BCUT2D eigenvalue weighted by molar-refractivity contribution is 0.261. The van der Waals surface area contributed by atoms with Gasteiger partial charge in [-0.3, -0.25) is 4.90 Å². The van der Waals surface area contributed by atoms with E-state index in [1.807, 2.05) is 72.0 Å². The topological polar surface area (TPSA) is 60.0 Å². The van der Waals surface area contributed by atoms with E-state index in [0.717, 1.165) is 22.7 Å². The van der Waals surface area contributed by atoms with Gasteiger partial charge in [0.15, 0.2) is 0 Å². The Balaban J connectivity index is 1.39. The van der Waals surface area contributed by atoms with Crippen molar-refractivity contribution in [2.75, 3.05) is 7.05 Å². The predicted octanol–water partition coefficient (Wildman–Crippen LogP) is 3.62. The summed E-state index contributed by atoms with van der Waals surface area (Å²) >= 11 is 1.60. The molecule has 0 radical (unpaired) electrons. The van der Waals surface area contributed by atoms with E-state index in [1.165, 1.54) is 0 Å². The van der Waals surface area contributed by atoms with Crippen molar-refractivity contribution < 1.29 is 4.52 Å². The molecule has 6 nitrogen and oxygen atoms in total. The molecule has 0 saturated heterocycles. The fourth-order valence-corrected chi connectivity index (χ4v) is 3.24. The first kappa shape index (κ1) is 15.7. The normalized spacial score (nSPS) is 11.3. The Morgan fingerprint density at radius 2 is 2.00 bits per heavy atom. The molecule has 0 unspecified atom stereocenters. The Morgan fingerprint density at radius 3 is 2.80 bits per heavy atom. The Morgan fingerprint density at radius 1 is 1.12 bits per heavy atom. The van der Waals surface area contributed by atoms with Crippen LogP contribution in [0.3, 0.4) is 0 Å². The first-order valence-electron chi connectivity index (χ1n) is 7.92. The van der Waals surface area contributed by atoms with Gasteiger partial charge < -0.3 is 4.52 Å². The molecule has 0 amide bonds. The summed E-state index contributed by atoms with van der Waals surface area (Å²) in [6.07, 6.45) is 3.92. The van der Waals surface area contributed by atoms with Crippen LogP contribution in [-0.2, 0) is 13.1 Å². The highest BCUT2D eigenvalue weighted by atomic mass is 32.1. The van der Waals surface area contributed by atoms with Crippen LogP contribution in [0.25, 0.3) is 16.4 Å².